The van der Waals surface area contributed by atoms with E-state index in [1.54, 1.807) is 0 Å². The average molecular weight is 314 g/mol. The second kappa shape index (κ2) is 18.0. The Balaban J connectivity index is 3.44. The summed E-state index contributed by atoms with van der Waals surface area (Å²) in [5.41, 5.74) is 0. The van der Waals surface area contributed by atoms with Crippen LogP contribution in [-0.2, 0) is 9.53 Å². The van der Waals surface area contributed by atoms with E-state index in [9.17, 15) is 4.79 Å². The highest BCUT2D eigenvalue weighted by atomic mass is 16.5. The number of terminal acetylenes is 1. The highest BCUT2D eigenvalue weighted by Crippen LogP contribution is 2.00. The predicted molar refractivity (Wildman–Crippen MR) is 99.0 cm³/mol. The first-order valence-corrected chi connectivity index (χ1v) is 8.41. The van der Waals surface area contributed by atoms with Crippen LogP contribution in [0.15, 0.2) is 48.6 Å². The first kappa shape index (κ1) is 21.0. The van der Waals surface area contributed by atoms with Crippen molar-refractivity contribution in [2.24, 2.45) is 0 Å². The van der Waals surface area contributed by atoms with Crippen LogP contribution in [0, 0.1) is 12.3 Å². The molecule has 2 heteroatoms. The van der Waals surface area contributed by atoms with E-state index in [0.29, 0.717) is 6.42 Å². The molecular formula is C21H30O2. The number of hydrogen-bond acceptors (Lipinski definition) is 2. The number of carbonyl (C=O) groups is 1. The van der Waals surface area contributed by atoms with E-state index in [0.717, 1.165) is 51.4 Å². The quantitative estimate of drug-likeness (QED) is 0.193. The van der Waals surface area contributed by atoms with Crippen LogP contribution < -0.4 is 0 Å². The van der Waals surface area contributed by atoms with Crippen molar-refractivity contribution in [3.05, 3.63) is 48.6 Å². The lowest BCUT2D eigenvalue weighted by molar-refractivity contribution is -0.140. The molecule has 0 saturated heterocycles. The maximum Gasteiger partial charge on any atom is 0.305 e. The van der Waals surface area contributed by atoms with Crippen molar-refractivity contribution < 1.29 is 9.53 Å². The SMILES string of the molecule is C#CCCC/C=C\C/C=C\C/C=C\C/C=C\CCCC(=O)OC. The van der Waals surface area contributed by atoms with Gasteiger partial charge in [0, 0.05) is 12.8 Å². The van der Waals surface area contributed by atoms with Gasteiger partial charge in [-0.1, -0.05) is 48.6 Å². The third-order valence-electron chi connectivity index (χ3n) is 3.15. The van der Waals surface area contributed by atoms with Gasteiger partial charge in [0.15, 0.2) is 0 Å². The van der Waals surface area contributed by atoms with Gasteiger partial charge in [-0.25, -0.2) is 0 Å². The molecule has 0 heterocycles. The summed E-state index contributed by atoms with van der Waals surface area (Å²) >= 11 is 0. The molecular weight excluding hydrogens is 284 g/mol. The molecule has 0 radical (unpaired) electrons. The number of hydrogen-bond donors (Lipinski definition) is 0. The number of rotatable bonds is 13. The zero-order valence-corrected chi connectivity index (χ0v) is 14.4. The van der Waals surface area contributed by atoms with Crippen LogP contribution in [0.5, 0.6) is 0 Å². The molecule has 0 N–H and O–H groups in total. The monoisotopic (exact) mass is 314 g/mol. The fourth-order valence-corrected chi connectivity index (χ4v) is 1.84. The van der Waals surface area contributed by atoms with Crippen LogP contribution in [0.25, 0.3) is 0 Å². The zero-order valence-electron chi connectivity index (χ0n) is 14.4. The molecule has 0 aliphatic heterocycles. The van der Waals surface area contributed by atoms with Crippen molar-refractivity contribution in [3.8, 4) is 12.3 Å². The van der Waals surface area contributed by atoms with E-state index >= 15 is 0 Å². The van der Waals surface area contributed by atoms with E-state index in [2.05, 4.69) is 59.3 Å². The molecule has 0 aliphatic rings. The summed E-state index contributed by atoms with van der Waals surface area (Å²) in [6.45, 7) is 0. The highest BCUT2D eigenvalue weighted by molar-refractivity contribution is 5.69. The van der Waals surface area contributed by atoms with Gasteiger partial charge < -0.3 is 4.74 Å². The van der Waals surface area contributed by atoms with Gasteiger partial charge in [-0.05, 0) is 44.9 Å². The number of carbonyl (C=O) groups excluding carboxylic acids is 1. The largest absolute Gasteiger partial charge is 0.469 e. The van der Waals surface area contributed by atoms with E-state index < -0.39 is 0 Å². The van der Waals surface area contributed by atoms with Crippen molar-refractivity contribution in [1.82, 2.24) is 0 Å². The first-order valence-electron chi connectivity index (χ1n) is 8.41. The van der Waals surface area contributed by atoms with Crippen molar-refractivity contribution in [3.63, 3.8) is 0 Å². The Hall–Kier alpha value is -2.01. The van der Waals surface area contributed by atoms with Crippen molar-refractivity contribution >= 4 is 5.97 Å². The van der Waals surface area contributed by atoms with Crippen molar-refractivity contribution in [2.45, 2.75) is 57.8 Å². The summed E-state index contributed by atoms with van der Waals surface area (Å²) in [5.74, 6) is 2.51. The van der Waals surface area contributed by atoms with E-state index in [1.807, 2.05) is 0 Å². The fourth-order valence-electron chi connectivity index (χ4n) is 1.84. The maximum atomic E-state index is 10.9. The van der Waals surface area contributed by atoms with Gasteiger partial charge in [-0.15, -0.1) is 12.3 Å². The first-order chi connectivity index (χ1) is 11.3. The van der Waals surface area contributed by atoms with E-state index in [-0.39, 0.29) is 5.97 Å². The average Bonchev–Trinajstić information content (AvgIpc) is 2.57. The summed E-state index contributed by atoms with van der Waals surface area (Å²) in [7, 11) is 1.43. The summed E-state index contributed by atoms with van der Waals surface area (Å²) in [5, 5.41) is 0. The van der Waals surface area contributed by atoms with Gasteiger partial charge in [0.05, 0.1) is 7.11 Å². The highest BCUT2D eigenvalue weighted by Gasteiger charge is 1.96. The summed E-state index contributed by atoms with van der Waals surface area (Å²) < 4.78 is 4.59. The molecule has 0 aliphatic carbocycles. The normalized spacial score (nSPS) is 11.8. The molecule has 0 spiro atoms. The number of unbranched alkanes of at least 4 members (excludes halogenated alkanes) is 3. The van der Waals surface area contributed by atoms with Gasteiger partial charge in [0.2, 0.25) is 0 Å². The lowest BCUT2D eigenvalue weighted by Gasteiger charge is -1.95. The molecule has 0 aromatic rings. The van der Waals surface area contributed by atoms with Crippen LogP contribution in [0.4, 0.5) is 0 Å². The molecule has 0 unspecified atom stereocenters. The minimum absolute atomic E-state index is 0.132. The Morgan fingerprint density at radius 2 is 1.35 bits per heavy atom. The van der Waals surface area contributed by atoms with Crippen LogP contribution in [0.3, 0.4) is 0 Å². The Bertz CT molecular complexity index is 433. The molecule has 126 valence electrons. The minimum Gasteiger partial charge on any atom is -0.469 e. The third kappa shape index (κ3) is 17.9. The van der Waals surface area contributed by atoms with Crippen LogP contribution >= 0.6 is 0 Å². The topological polar surface area (TPSA) is 26.3 Å². The van der Waals surface area contributed by atoms with Gasteiger partial charge in [-0.3, -0.25) is 4.79 Å². The van der Waals surface area contributed by atoms with Crippen LogP contribution in [0.1, 0.15) is 57.8 Å². The lowest BCUT2D eigenvalue weighted by Crippen LogP contribution is -1.98. The maximum absolute atomic E-state index is 10.9. The summed E-state index contributed by atoms with van der Waals surface area (Å²) in [4.78, 5) is 10.9. The summed E-state index contributed by atoms with van der Waals surface area (Å²) in [6, 6.07) is 0. The fraction of sp³-hybridized carbons (Fsp3) is 0.476. The molecule has 2 nitrogen and oxygen atoms in total. The Morgan fingerprint density at radius 1 is 0.870 bits per heavy atom. The molecule has 0 bridgehead atoms. The standard InChI is InChI=1S/C21H30O2/c1-3-4-5-6-7-8-9-10-11-12-13-14-15-16-17-18-19-20-21(22)23-2/h1,7-8,10-11,13-14,16-17H,4-6,9,12,15,18-20H2,2H3/b8-7-,11-10-,14-13-,17-16-. The summed E-state index contributed by atoms with van der Waals surface area (Å²) in [6.07, 6.45) is 30.7. The molecule has 0 aromatic heterocycles. The molecule has 0 amide bonds. The molecule has 0 saturated carbocycles. The third-order valence-corrected chi connectivity index (χ3v) is 3.15. The van der Waals surface area contributed by atoms with Gasteiger partial charge in [-0.2, -0.15) is 0 Å². The molecule has 0 atom stereocenters. The Morgan fingerprint density at radius 3 is 1.83 bits per heavy atom. The van der Waals surface area contributed by atoms with Gasteiger partial charge in [0.1, 0.15) is 0 Å². The lowest BCUT2D eigenvalue weighted by atomic mass is 10.2. The van der Waals surface area contributed by atoms with Crippen LogP contribution in [-0.4, -0.2) is 13.1 Å². The predicted octanol–water partition coefficient (Wildman–Crippen LogP) is 5.53. The van der Waals surface area contributed by atoms with E-state index in [1.165, 1.54) is 7.11 Å². The van der Waals surface area contributed by atoms with Crippen molar-refractivity contribution in [2.75, 3.05) is 7.11 Å². The smallest absolute Gasteiger partial charge is 0.305 e. The second-order valence-corrected chi connectivity index (χ2v) is 5.16. The second-order valence-electron chi connectivity index (χ2n) is 5.16. The number of allylic oxidation sites excluding steroid dienone is 8. The number of methoxy groups -OCH3 is 1. The number of esters is 1. The molecule has 0 fully saturated rings. The van der Waals surface area contributed by atoms with Crippen molar-refractivity contribution in [1.29, 1.82) is 0 Å². The molecule has 0 rings (SSSR count). The molecule has 0 aromatic carbocycles. The Kier molecular flexibility index (Phi) is 16.5. The van der Waals surface area contributed by atoms with Gasteiger partial charge >= 0.3 is 5.97 Å². The Labute approximate surface area is 142 Å². The molecule has 23 heavy (non-hydrogen) atoms. The van der Waals surface area contributed by atoms with Crippen LogP contribution in [0.2, 0.25) is 0 Å². The minimum atomic E-state index is -0.132. The zero-order chi connectivity index (χ0) is 17.0. The number of ether oxygens (including phenoxy) is 1. The van der Waals surface area contributed by atoms with E-state index in [4.69, 9.17) is 6.42 Å². The van der Waals surface area contributed by atoms with Gasteiger partial charge in [0.25, 0.3) is 0 Å².